The summed E-state index contributed by atoms with van der Waals surface area (Å²) in [6.07, 6.45) is 2.63. The Morgan fingerprint density at radius 3 is 2.59 bits per heavy atom. The zero-order valence-corrected chi connectivity index (χ0v) is 10.6. The van der Waals surface area contributed by atoms with E-state index in [-0.39, 0.29) is 30.4 Å². The highest BCUT2D eigenvalue weighted by Gasteiger charge is 2.35. The molecular weight excluding hydrogens is 220 g/mol. The number of nitrogens with zero attached hydrogens (tertiary/aromatic N) is 1. The van der Waals surface area contributed by atoms with Crippen LogP contribution in [0.5, 0.6) is 0 Å². The van der Waals surface area contributed by atoms with E-state index in [1.165, 1.54) is 0 Å². The Morgan fingerprint density at radius 2 is 2.12 bits per heavy atom. The molecule has 1 aliphatic rings. The third-order valence-electron chi connectivity index (χ3n) is 2.90. The van der Waals surface area contributed by atoms with Crippen LogP contribution in [0.25, 0.3) is 0 Å². The Hall–Kier alpha value is -1.10. The van der Waals surface area contributed by atoms with Crippen molar-refractivity contribution in [3.05, 3.63) is 0 Å². The molecule has 0 radical (unpaired) electrons. The Morgan fingerprint density at radius 1 is 1.47 bits per heavy atom. The predicted molar refractivity (Wildman–Crippen MR) is 64.2 cm³/mol. The fraction of sp³-hybridized carbons (Fsp3) is 0.833. The monoisotopic (exact) mass is 242 g/mol. The lowest BCUT2D eigenvalue weighted by atomic mass is 10.1. The van der Waals surface area contributed by atoms with E-state index in [0.29, 0.717) is 19.6 Å². The lowest BCUT2D eigenvalue weighted by Crippen LogP contribution is -2.41. The molecule has 5 heteroatoms. The molecule has 1 atom stereocenters. The van der Waals surface area contributed by atoms with Crippen LogP contribution in [0.15, 0.2) is 0 Å². The van der Waals surface area contributed by atoms with Crippen molar-refractivity contribution < 1.29 is 14.3 Å². The Balaban J connectivity index is 2.53. The van der Waals surface area contributed by atoms with Crippen molar-refractivity contribution in [2.45, 2.75) is 39.2 Å². The summed E-state index contributed by atoms with van der Waals surface area (Å²) in [7, 11) is 0. The van der Waals surface area contributed by atoms with Gasteiger partial charge in [0.1, 0.15) is 6.54 Å². The molecule has 1 rings (SSSR count). The van der Waals surface area contributed by atoms with E-state index < -0.39 is 0 Å². The second-order valence-electron chi connectivity index (χ2n) is 4.48. The van der Waals surface area contributed by atoms with Gasteiger partial charge in [0.15, 0.2) is 0 Å². The molecule has 0 aliphatic heterocycles. The molecule has 1 amide bonds. The second kappa shape index (κ2) is 6.59. The van der Waals surface area contributed by atoms with Gasteiger partial charge in [-0.3, -0.25) is 9.59 Å². The average Bonchev–Trinajstić information content (AvgIpc) is 3.09. The third kappa shape index (κ3) is 4.34. The Kier molecular flexibility index (Phi) is 5.41. The van der Waals surface area contributed by atoms with Crippen LogP contribution in [-0.2, 0) is 14.3 Å². The molecule has 1 saturated carbocycles. The van der Waals surface area contributed by atoms with Gasteiger partial charge in [0, 0.05) is 12.0 Å². The second-order valence-corrected chi connectivity index (χ2v) is 4.48. The minimum atomic E-state index is -0.326. The first-order valence-electron chi connectivity index (χ1n) is 6.26. The molecule has 1 unspecified atom stereocenters. The van der Waals surface area contributed by atoms with Gasteiger partial charge in [0.2, 0.25) is 5.91 Å². The molecule has 0 saturated heterocycles. The summed E-state index contributed by atoms with van der Waals surface area (Å²) in [5.74, 6) is -0.422. The molecule has 0 heterocycles. The fourth-order valence-corrected chi connectivity index (χ4v) is 1.78. The smallest absolute Gasteiger partial charge is 0.325 e. The van der Waals surface area contributed by atoms with Crippen molar-refractivity contribution >= 4 is 11.9 Å². The van der Waals surface area contributed by atoms with Gasteiger partial charge in [-0.2, -0.15) is 0 Å². The lowest BCUT2D eigenvalue weighted by molar-refractivity contribution is -0.150. The summed E-state index contributed by atoms with van der Waals surface area (Å²) in [5, 5.41) is 0. The van der Waals surface area contributed by atoms with Gasteiger partial charge in [-0.05, 0) is 32.7 Å². The molecular formula is C12H22N2O3. The van der Waals surface area contributed by atoms with Crippen LogP contribution >= 0.6 is 0 Å². The molecule has 1 fully saturated rings. The molecule has 17 heavy (non-hydrogen) atoms. The minimum absolute atomic E-state index is 0.0194. The number of hydrogen-bond acceptors (Lipinski definition) is 4. The zero-order chi connectivity index (χ0) is 12.8. The van der Waals surface area contributed by atoms with Crippen LogP contribution in [0, 0.1) is 5.92 Å². The van der Waals surface area contributed by atoms with Crippen LogP contribution in [0.3, 0.4) is 0 Å². The number of carbonyl (C=O) groups excluding carboxylic acids is 2. The van der Waals surface area contributed by atoms with Gasteiger partial charge in [0.25, 0.3) is 0 Å². The van der Waals surface area contributed by atoms with E-state index in [0.717, 1.165) is 12.8 Å². The van der Waals surface area contributed by atoms with E-state index >= 15 is 0 Å². The van der Waals surface area contributed by atoms with Gasteiger partial charge < -0.3 is 15.4 Å². The maximum Gasteiger partial charge on any atom is 0.325 e. The van der Waals surface area contributed by atoms with Crippen LogP contribution in [0.1, 0.15) is 33.1 Å². The first kappa shape index (κ1) is 14.0. The van der Waals surface area contributed by atoms with Crippen molar-refractivity contribution in [3.8, 4) is 0 Å². The molecule has 0 bridgehead atoms. The average molecular weight is 242 g/mol. The normalized spacial score (nSPS) is 16.4. The molecule has 0 spiro atoms. The van der Waals surface area contributed by atoms with E-state index in [4.69, 9.17) is 10.5 Å². The van der Waals surface area contributed by atoms with Crippen molar-refractivity contribution in [3.63, 3.8) is 0 Å². The van der Waals surface area contributed by atoms with Gasteiger partial charge in [-0.1, -0.05) is 6.92 Å². The van der Waals surface area contributed by atoms with E-state index in [1.807, 2.05) is 6.92 Å². The highest BCUT2D eigenvalue weighted by Crippen LogP contribution is 2.28. The Labute approximate surface area is 102 Å². The first-order valence-corrected chi connectivity index (χ1v) is 6.26. The highest BCUT2D eigenvalue weighted by atomic mass is 16.5. The highest BCUT2D eigenvalue weighted by molar-refractivity contribution is 5.84. The quantitative estimate of drug-likeness (QED) is 0.661. The summed E-state index contributed by atoms with van der Waals surface area (Å²) < 4.78 is 4.88. The molecule has 2 N–H and O–H groups in total. The molecule has 0 aromatic carbocycles. The number of rotatable bonds is 7. The molecule has 0 aromatic rings. The van der Waals surface area contributed by atoms with Crippen LogP contribution in [0.2, 0.25) is 0 Å². The zero-order valence-electron chi connectivity index (χ0n) is 10.6. The first-order chi connectivity index (χ1) is 8.10. The SMILES string of the molecule is CCOC(=O)CN(C(=O)C(C)CCN)C1CC1. The number of hydrogen-bond donors (Lipinski definition) is 1. The number of ether oxygens (including phenoxy) is 1. The minimum Gasteiger partial charge on any atom is -0.465 e. The number of esters is 1. The van der Waals surface area contributed by atoms with Crippen molar-refractivity contribution in [2.75, 3.05) is 19.7 Å². The van der Waals surface area contributed by atoms with Crippen molar-refractivity contribution in [1.82, 2.24) is 4.90 Å². The summed E-state index contributed by atoms with van der Waals surface area (Å²) in [4.78, 5) is 25.2. The summed E-state index contributed by atoms with van der Waals surface area (Å²) in [6, 6.07) is 0.229. The lowest BCUT2D eigenvalue weighted by Gasteiger charge is -2.24. The van der Waals surface area contributed by atoms with Gasteiger partial charge in [0.05, 0.1) is 6.61 Å². The summed E-state index contributed by atoms with van der Waals surface area (Å²) in [6.45, 7) is 4.54. The number of carbonyl (C=O) groups is 2. The predicted octanol–water partition coefficient (Wildman–Crippen LogP) is 0.525. The maximum absolute atomic E-state index is 12.1. The number of nitrogens with two attached hydrogens (primary N) is 1. The van der Waals surface area contributed by atoms with Gasteiger partial charge >= 0.3 is 5.97 Å². The van der Waals surface area contributed by atoms with Crippen molar-refractivity contribution in [1.29, 1.82) is 0 Å². The van der Waals surface area contributed by atoms with E-state index in [2.05, 4.69) is 0 Å². The molecule has 5 nitrogen and oxygen atoms in total. The summed E-state index contributed by atoms with van der Waals surface area (Å²) >= 11 is 0. The third-order valence-corrected chi connectivity index (χ3v) is 2.90. The number of amides is 1. The van der Waals surface area contributed by atoms with Gasteiger partial charge in [-0.25, -0.2) is 0 Å². The molecule has 0 aromatic heterocycles. The Bertz CT molecular complexity index is 277. The fourth-order valence-electron chi connectivity index (χ4n) is 1.78. The van der Waals surface area contributed by atoms with Crippen LogP contribution in [-0.4, -0.2) is 42.5 Å². The van der Waals surface area contributed by atoms with E-state index in [1.54, 1.807) is 11.8 Å². The largest absolute Gasteiger partial charge is 0.465 e. The molecule has 98 valence electrons. The summed E-state index contributed by atoms with van der Waals surface area (Å²) in [5.41, 5.74) is 5.45. The topological polar surface area (TPSA) is 72.6 Å². The van der Waals surface area contributed by atoms with Gasteiger partial charge in [-0.15, -0.1) is 0 Å². The van der Waals surface area contributed by atoms with E-state index in [9.17, 15) is 9.59 Å². The van der Waals surface area contributed by atoms with Crippen molar-refractivity contribution in [2.24, 2.45) is 11.7 Å². The van der Waals surface area contributed by atoms with Crippen LogP contribution < -0.4 is 5.73 Å². The van der Waals surface area contributed by atoms with Crippen LogP contribution in [0.4, 0.5) is 0 Å². The molecule has 1 aliphatic carbocycles. The maximum atomic E-state index is 12.1. The standard InChI is InChI=1S/C12H22N2O3/c1-3-17-11(15)8-14(10-4-5-10)12(16)9(2)6-7-13/h9-10H,3-8,13H2,1-2H3.